The first-order chi connectivity index (χ1) is 8.70. The summed E-state index contributed by atoms with van der Waals surface area (Å²) in [6.45, 7) is 4.52. The third-order valence-electron chi connectivity index (χ3n) is 3.19. The Kier molecular flexibility index (Phi) is 12.1. The minimum Gasteiger partial charge on any atom is -0.469 e. The summed E-state index contributed by atoms with van der Waals surface area (Å²) in [6, 6.07) is 0. The number of carbonyl (C=O) groups is 1. The molecule has 0 aliphatic carbocycles. The molecular formula is C16H30O2. The van der Waals surface area contributed by atoms with Crippen molar-refractivity contribution in [3.05, 3.63) is 12.2 Å². The lowest BCUT2D eigenvalue weighted by molar-refractivity contribution is -0.140. The molecule has 0 amide bonds. The van der Waals surface area contributed by atoms with Gasteiger partial charge in [-0.3, -0.25) is 4.79 Å². The van der Waals surface area contributed by atoms with Gasteiger partial charge < -0.3 is 4.74 Å². The van der Waals surface area contributed by atoms with E-state index in [9.17, 15) is 4.79 Å². The fraction of sp³-hybridized carbons (Fsp3) is 0.812. The normalized spacial score (nSPS) is 12.8. The summed E-state index contributed by atoms with van der Waals surface area (Å²) in [5.74, 6) is 0.651. The zero-order chi connectivity index (χ0) is 13.6. The van der Waals surface area contributed by atoms with Crippen molar-refractivity contribution in [3.8, 4) is 0 Å². The second kappa shape index (κ2) is 12.7. The quantitative estimate of drug-likeness (QED) is 0.298. The van der Waals surface area contributed by atoms with Crippen molar-refractivity contribution in [2.75, 3.05) is 7.11 Å². The van der Waals surface area contributed by atoms with Crippen molar-refractivity contribution >= 4 is 5.97 Å². The van der Waals surface area contributed by atoms with E-state index in [1.165, 1.54) is 45.6 Å². The minimum atomic E-state index is -0.0807. The monoisotopic (exact) mass is 254 g/mol. The Labute approximate surface area is 113 Å². The average molecular weight is 254 g/mol. The second-order valence-electron chi connectivity index (χ2n) is 5.08. The van der Waals surface area contributed by atoms with Gasteiger partial charge >= 0.3 is 5.97 Å². The summed E-state index contributed by atoms with van der Waals surface area (Å²) in [4.78, 5) is 10.9. The van der Waals surface area contributed by atoms with Gasteiger partial charge in [-0.05, 0) is 31.6 Å². The van der Waals surface area contributed by atoms with Crippen LogP contribution in [0, 0.1) is 5.92 Å². The third kappa shape index (κ3) is 11.7. The van der Waals surface area contributed by atoms with Gasteiger partial charge in [0.05, 0.1) is 7.11 Å². The van der Waals surface area contributed by atoms with Crippen molar-refractivity contribution in [1.29, 1.82) is 0 Å². The number of ether oxygens (including phenoxy) is 1. The lowest BCUT2D eigenvalue weighted by Crippen LogP contribution is -1.99. The second-order valence-corrected chi connectivity index (χ2v) is 5.08. The van der Waals surface area contributed by atoms with Crippen LogP contribution in [0.4, 0.5) is 0 Å². The maximum atomic E-state index is 10.9. The predicted molar refractivity (Wildman–Crippen MR) is 77.5 cm³/mol. The van der Waals surface area contributed by atoms with Gasteiger partial charge in [0.2, 0.25) is 0 Å². The fourth-order valence-electron chi connectivity index (χ4n) is 2.04. The van der Waals surface area contributed by atoms with E-state index in [-0.39, 0.29) is 5.97 Å². The molecule has 0 N–H and O–H groups in total. The van der Waals surface area contributed by atoms with Crippen LogP contribution >= 0.6 is 0 Å². The summed E-state index contributed by atoms with van der Waals surface area (Å²) < 4.78 is 4.60. The van der Waals surface area contributed by atoms with Crippen LogP contribution in [0.2, 0.25) is 0 Å². The highest BCUT2D eigenvalue weighted by Gasteiger charge is 1.98. The number of allylic oxidation sites excluding steroid dienone is 2. The third-order valence-corrected chi connectivity index (χ3v) is 3.19. The van der Waals surface area contributed by atoms with Crippen LogP contribution in [0.25, 0.3) is 0 Å². The summed E-state index contributed by atoms with van der Waals surface area (Å²) in [7, 11) is 1.45. The first-order valence-electron chi connectivity index (χ1n) is 7.44. The molecule has 0 saturated heterocycles. The number of carbonyl (C=O) groups excluding carboxylic acids is 1. The van der Waals surface area contributed by atoms with E-state index >= 15 is 0 Å². The van der Waals surface area contributed by atoms with Gasteiger partial charge in [0.25, 0.3) is 0 Å². The van der Waals surface area contributed by atoms with Crippen molar-refractivity contribution in [2.24, 2.45) is 5.92 Å². The van der Waals surface area contributed by atoms with Crippen molar-refractivity contribution < 1.29 is 9.53 Å². The molecule has 2 nitrogen and oxygen atoms in total. The first kappa shape index (κ1) is 17.2. The highest BCUT2D eigenvalue weighted by atomic mass is 16.5. The Hall–Kier alpha value is -0.790. The van der Waals surface area contributed by atoms with Crippen LogP contribution in [-0.2, 0) is 9.53 Å². The van der Waals surface area contributed by atoms with E-state index in [4.69, 9.17) is 0 Å². The molecule has 1 unspecified atom stereocenters. The Balaban J connectivity index is 3.23. The lowest BCUT2D eigenvalue weighted by atomic mass is 10.0. The highest BCUT2D eigenvalue weighted by Crippen LogP contribution is 2.10. The number of hydrogen-bond donors (Lipinski definition) is 0. The highest BCUT2D eigenvalue weighted by molar-refractivity contribution is 5.68. The van der Waals surface area contributed by atoms with E-state index in [1.807, 2.05) is 0 Å². The van der Waals surface area contributed by atoms with Gasteiger partial charge in [-0.1, -0.05) is 51.7 Å². The van der Waals surface area contributed by atoms with Gasteiger partial charge in [0.1, 0.15) is 0 Å². The van der Waals surface area contributed by atoms with E-state index in [0.717, 1.165) is 18.8 Å². The number of unbranched alkanes of at least 4 members (excludes halogenated alkanes) is 5. The zero-order valence-corrected chi connectivity index (χ0v) is 12.4. The Morgan fingerprint density at radius 3 is 2.50 bits per heavy atom. The zero-order valence-electron chi connectivity index (χ0n) is 12.4. The Morgan fingerprint density at radius 2 is 1.83 bits per heavy atom. The number of esters is 1. The van der Waals surface area contributed by atoms with Gasteiger partial charge in [-0.25, -0.2) is 0 Å². The Morgan fingerprint density at radius 1 is 1.17 bits per heavy atom. The van der Waals surface area contributed by atoms with Crippen molar-refractivity contribution in [3.63, 3.8) is 0 Å². The van der Waals surface area contributed by atoms with Crippen LogP contribution in [0.1, 0.15) is 71.6 Å². The van der Waals surface area contributed by atoms with Gasteiger partial charge in [0.15, 0.2) is 0 Å². The molecule has 0 rings (SSSR count). The summed E-state index contributed by atoms with van der Waals surface area (Å²) in [6.07, 6.45) is 14.9. The largest absolute Gasteiger partial charge is 0.469 e. The molecule has 0 bridgehead atoms. The van der Waals surface area contributed by atoms with Crippen LogP contribution in [0.5, 0.6) is 0 Å². The molecule has 0 radical (unpaired) electrons. The molecular weight excluding hydrogens is 224 g/mol. The summed E-state index contributed by atoms with van der Waals surface area (Å²) in [5.41, 5.74) is 0. The standard InChI is InChI=1S/C16H30O2/c1-4-12-15(2)13-10-8-6-5-7-9-11-14-16(17)18-3/h10,13,15H,4-9,11-12,14H2,1-3H3/b13-10+. The SMILES string of the molecule is CCCC(C)/C=C/CCCCCCCC(=O)OC. The predicted octanol–water partition coefficient (Wildman–Crippen LogP) is 4.88. The van der Waals surface area contributed by atoms with E-state index in [0.29, 0.717) is 6.42 Å². The smallest absolute Gasteiger partial charge is 0.305 e. The molecule has 106 valence electrons. The van der Waals surface area contributed by atoms with Crippen molar-refractivity contribution in [1.82, 2.24) is 0 Å². The number of rotatable bonds is 11. The van der Waals surface area contributed by atoms with Gasteiger partial charge in [-0.2, -0.15) is 0 Å². The van der Waals surface area contributed by atoms with Crippen LogP contribution in [-0.4, -0.2) is 13.1 Å². The minimum absolute atomic E-state index is 0.0807. The summed E-state index contributed by atoms with van der Waals surface area (Å²) in [5, 5.41) is 0. The molecule has 0 aromatic rings. The van der Waals surface area contributed by atoms with E-state index in [1.54, 1.807) is 0 Å². The first-order valence-corrected chi connectivity index (χ1v) is 7.44. The molecule has 0 aromatic carbocycles. The maximum absolute atomic E-state index is 10.9. The molecule has 0 aromatic heterocycles. The van der Waals surface area contributed by atoms with E-state index in [2.05, 4.69) is 30.7 Å². The molecule has 0 fully saturated rings. The number of hydrogen-bond acceptors (Lipinski definition) is 2. The molecule has 18 heavy (non-hydrogen) atoms. The van der Waals surface area contributed by atoms with Gasteiger partial charge in [0, 0.05) is 6.42 Å². The van der Waals surface area contributed by atoms with Crippen LogP contribution < -0.4 is 0 Å². The lowest BCUT2D eigenvalue weighted by Gasteiger charge is -2.02. The fourth-order valence-corrected chi connectivity index (χ4v) is 2.04. The molecule has 2 heteroatoms. The molecule has 0 aliphatic rings. The molecule has 1 atom stereocenters. The molecule has 0 spiro atoms. The average Bonchev–Trinajstić information content (AvgIpc) is 2.36. The van der Waals surface area contributed by atoms with Crippen molar-refractivity contribution in [2.45, 2.75) is 71.6 Å². The van der Waals surface area contributed by atoms with Gasteiger partial charge in [-0.15, -0.1) is 0 Å². The molecule has 0 aliphatic heterocycles. The molecule has 0 heterocycles. The van der Waals surface area contributed by atoms with E-state index < -0.39 is 0 Å². The maximum Gasteiger partial charge on any atom is 0.305 e. The number of methoxy groups -OCH3 is 1. The topological polar surface area (TPSA) is 26.3 Å². The summed E-state index contributed by atoms with van der Waals surface area (Å²) >= 11 is 0. The molecule has 0 saturated carbocycles. The van der Waals surface area contributed by atoms with Crippen LogP contribution in [0.3, 0.4) is 0 Å². The Bertz CT molecular complexity index is 221. The van der Waals surface area contributed by atoms with Crippen LogP contribution in [0.15, 0.2) is 12.2 Å².